The van der Waals surface area contributed by atoms with Crippen molar-refractivity contribution in [3.8, 4) is 0 Å². The molecule has 114 valence electrons. The van der Waals surface area contributed by atoms with Gasteiger partial charge in [0.2, 0.25) is 0 Å². The third-order valence-electron chi connectivity index (χ3n) is 2.68. The van der Waals surface area contributed by atoms with Crippen LogP contribution in [0.1, 0.15) is 15.2 Å². The predicted octanol–water partition coefficient (Wildman–Crippen LogP) is 3.12. The number of fused-ring (bicyclic) bond motifs is 1. The van der Waals surface area contributed by atoms with E-state index >= 15 is 0 Å². The molecule has 0 amide bonds. The number of benzene rings is 1. The number of sulfone groups is 1. The van der Waals surface area contributed by atoms with Crippen LogP contribution in [0.25, 0.3) is 10.1 Å². The minimum absolute atomic E-state index is 0.00837. The lowest BCUT2D eigenvalue weighted by Gasteiger charge is -2.07. The number of halogens is 3. The van der Waals surface area contributed by atoms with Crippen molar-refractivity contribution in [1.82, 2.24) is 0 Å². The Bertz CT molecular complexity index is 790. The second-order valence-electron chi connectivity index (χ2n) is 4.18. The van der Waals surface area contributed by atoms with Gasteiger partial charge in [0.25, 0.3) is 9.84 Å². The number of esters is 1. The third-order valence-corrected chi connectivity index (χ3v) is 5.19. The highest BCUT2D eigenvalue weighted by molar-refractivity contribution is 7.91. The number of methoxy groups -OCH3 is 1. The second-order valence-corrected chi connectivity index (χ2v) is 7.24. The van der Waals surface area contributed by atoms with Crippen LogP contribution in [0, 0.1) is 0 Å². The molecule has 4 nitrogen and oxygen atoms in total. The number of hydrogen-bond donors (Lipinski definition) is 0. The van der Waals surface area contributed by atoms with E-state index < -0.39 is 27.1 Å². The number of thiophene rings is 1. The SMILES string of the molecule is COC(=O)c1cc2cc(CS(=O)(=O)C(F)(F)F)ccc2s1. The van der Waals surface area contributed by atoms with Gasteiger partial charge in [-0.3, -0.25) is 0 Å². The van der Waals surface area contributed by atoms with Gasteiger partial charge in [-0.1, -0.05) is 6.07 Å². The van der Waals surface area contributed by atoms with Gasteiger partial charge in [0.15, 0.2) is 0 Å². The smallest absolute Gasteiger partial charge is 0.465 e. The van der Waals surface area contributed by atoms with Gasteiger partial charge in [-0.05, 0) is 29.1 Å². The van der Waals surface area contributed by atoms with E-state index in [1.54, 1.807) is 0 Å². The summed E-state index contributed by atoms with van der Waals surface area (Å²) in [5.74, 6) is -1.68. The van der Waals surface area contributed by atoms with Crippen LogP contribution in [0.2, 0.25) is 0 Å². The van der Waals surface area contributed by atoms with Crippen molar-refractivity contribution in [3.63, 3.8) is 0 Å². The van der Waals surface area contributed by atoms with E-state index in [9.17, 15) is 26.4 Å². The molecule has 0 atom stereocenters. The number of carbonyl (C=O) groups excluding carboxylic acids is 1. The monoisotopic (exact) mass is 338 g/mol. The Kier molecular flexibility index (Phi) is 3.98. The average Bonchev–Trinajstić information content (AvgIpc) is 2.79. The van der Waals surface area contributed by atoms with Crippen LogP contribution in [0.4, 0.5) is 13.2 Å². The Morgan fingerprint density at radius 3 is 2.52 bits per heavy atom. The predicted molar refractivity (Wildman–Crippen MR) is 71.8 cm³/mol. The summed E-state index contributed by atoms with van der Waals surface area (Å²) in [6, 6.07) is 5.55. The lowest BCUT2D eigenvalue weighted by molar-refractivity contribution is -0.0437. The van der Waals surface area contributed by atoms with Crippen LogP contribution >= 0.6 is 11.3 Å². The maximum absolute atomic E-state index is 12.3. The topological polar surface area (TPSA) is 60.4 Å². The van der Waals surface area contributed by atoms with Gasteiger partial charge in [-0.25, -0.2) is 13.2 Å². The summed E-state index contributed by atoms with van der Waals surface area (Å²) >= 11 is 1.12. The zero-order valence-electron chi connectivity index (χ0n) is 10.6. The summed E-state index contributed by atoms with van der Waals surface area (Å²) in [6.07, 6.45) is 0. The fraction of sp³-hybridized carbons (Fsp3) is 0.250. The van der Waals surface area contributed by atoms with Gasteiger partial charge in [-0.15, -0.1) is 11.3 Å². The fourth-order valence-corrected chi connectivity index (χ4v) is 3.43. The van der Waals surface area contributed by atoms with Crippen molar-refractivity contribution in [3.05, 3.63) is 34.7 Å². The molecule has 0 aliphatic rings. The fourth-order valence-electron chi connectivity index (χ4n) is 1.69. The number of ether oxygens (including phenoxy) is 1. The largest absolute Gasteiger partial charge is 0.497 e. The Balaban J connectivity index is 2.38. The molecule has 0 N–H and O–H groups in total. The number of hydrogen-bond acceptors (Lipinski definition) is 5. The molecule has 0 aliphatic heterocycles. The lowest BCUT2D eigenvalue weighted by Crippen LogP contribution is -2.24. The average molecular weight is 338 g/mol. The van der Waals surface area contributed by atoms with E-state index in [4.69, 9.17) is 0 Å². The molecule has 21 heavy (non-hydrogen) atoms. The first-order valence-electron chi connectivity index (χ1n) is 5.54. The molecule has 9 heteroatoms. The maximum Gasteiger partial charge on any atom is 0.497 e. The molecule has 0 saturated heterocycles. The van der Waals surface area contributed by atoms with Crippen molar-refractivity contribution in [1.29, 1.82) is 0 Å². The second kappa shape index (κ2) is 5.30. The molecule has 1 heterocycles. The van der Waals surface area contributed by atoms with E-state index in [-0.39, 0.29) is 5.56 Å². The molecular weight excluding hydrogens is 329 g/mol. The number of rotatable bonds is 3. The van der Waals surface area contributed by atoms with Crippen LogP contribution in [-0.4, -0.2) is 27.0 Å². The molecule has 1 aromatic carbocycles. The first-order valence-corrected chi connectivity index (χ1v) is 8.01. The van der Waals surface area contributed by atoms with Gasteiger partial charge < -0.3 is 4.74 Å². The van der Waals surface area contributed by atoms with Crippen LogP contribution in [0.15, 0.2) is 24.3 Å². The zero-order valence-corrected chi connectivity index (χ0v) is 12.2. The third kappa shape index (κ3) is 3.18. The van der Waals surface area contributed by atoms with Crippen molar-refractivity contribution < 1.29 is 31.1 Å². The van der Waals surface area contributed by atoms with Crippen LogP contribution in [0.3, 0.4) is 0 Å². The molecule has 0 aliphatic carbocycles. The molecule has 2 aromatic rings. The number of alkyl halides is 3. The minimum Gasteiger partial charge on any atom is -0.465 e. The minimum atomic E-state index is -5.28. The summed E-state index contributed by atoms with van der Waals surface area (Å²) < 4.78 is 64.5. The standard InChI is InChI=1S/C12H9F3O4S2/c1-19-11(16)10-5-8-4-7(2-3-9(8)20-10)6-21(17,18)12(13,14)15/h2-5H,6H2,1H3. The van der Waals surface area contributed by atoms with Crippen LogP contribution in [0.5, 0.6) is 0 Å². The van der Waals surface area contributed by atoms with Crippen molar-refractivity contribution in [2.24, 2.45) is 0 Å². The van der Waals surface area contributed by atoms with E-state index in [1.807, 2.05) is 0 Å². The van der Waals surface area contributed by atoms with E-state index in [1.165, 1.54) is 31.4 Å². The van der Waals surface area contributed by atoms with Gasteiger partial charge >= 0.3 is 11.5 Å². The van der Waals surface area contributed by atoms with Gasteiger partial charge in [-0.2, -0.15) is 13.2 Å². The van der Waals surface area contributed by atoms with Gasteiger partial charge in [0.05, 0.1) is 12.9 Å². The lowest BCUT2D eigenvalue weighted by atomic mass is 10.2. The summed E-state index contributed by atoms with van der Waals surface area (Å²) in [4.78, 5) is 11.7. The quantitative estimate of drug-likeness (QED) is 0.807. The zero-order chi connectivity index (χ0) is 15.8. The highest BCUT2D eigenvalue weighted by Crippen LogP contribution is 2.30. The first kappa shape index (κ1) is 15.8. The molecule has 0 saturated carbocycles. The van der Waals surface area contributed by atoms with Crippen LogP contribution in [-0.2, 0) is 20.3 Å². The number of carbonyl (C=O) groups is 1. The summed E-state index contributed by atoms with van der Waals surface area (Å²) in [5.41, 5.74) is -5.28. The van der Waals surface area contributed by atoms with Gasteiger partial charge in [0, 0.05) is 4.70 Å². The van der Waals surface area contributed by atoms with Crippen LogP contribution < -0.4 is 0 Å². The molecule has 0 fully saturated rings. The molecule has 0 spiro atoms. The van der Waals surface area contributed by atoms with E-state index in [0.29, 0.717) is 15.0 Å². The highest BCUT2D eigenvalue weighted by atomic mass is 32.2. The Morgan fingerprint density at radius 2 is 1.95 bits per heavy atom. The molecule has 0 bridgehead atoms. The normalized spacial score (nSPS) is 12.6. The molecule has 0 radical (unpaired) electrons. The molecule has 2 rings (SSSR count). The van der Waals surface area contributed by atoms with Crippen molar-refractivity contribution in [2.75, 3.05) is 7.11 Å². The van der Waals surface area contributed by atoms with Crippen molar-refractivity contribution in [2.45, 2.75) is 11.3 Å². The Labute approximate surface area is 122 Å². The van der Waals surface area contributed by atoms with E-state index in [0.717, 1.165) is 11.3 Å². The molecular formula is C12H9F3O4S2. The summed E-state index contributed by atoms with van der Waals surface area (Å²) in [5, 5.41) is 0.496. The molecule has 1 aromatic heterocycles. The summed E-state index contributed by atoms with van der Waals surface area (Å²) in [6.45, 7) is 0. The van der Waals surface area contributed by atoms with E-state index in [2.05, 4.69) is 4.74 Å². The first-order chi connectivity index (χ1) is 9.64. The molecule has 0 unspecified atom stereocenters. The highest BCUT2D eigenvalue weighted by Gasteiger charge is 2.45. The maximum atomic E-state index is 12.3. The van der Waals surface area contributed by atoms with Crippen molar-refractivity contribution >= 4 is 37.2 Å². The summed E-state index contributed by atoms with van der Waals surface area (Å²) in [7, 11) is -4.01. The Morgan fingerprint density at radius 1 is 1.29 bits per heavy atom. The Hall–Kier alpha value is -1.61. The van der Waals surface area contributed by atoms with Gasteiger partial charge in [0.1, 0.15) is 4.88 Å².